The first-order chi connectivity index (χ1) is 11.7. The Labute approximate surface area is 148 Å². The van der Waals surface area contributed by atoms with E-state index in [9.17, 15) is 13.2 Å². The minimum atomic E-state index is -3.19. The van der Waals surface area contributed by atoms with Crippen LogP contribution in [0.15, 0.2) is 18.2 Å². The highest BCUT2D eigenvalue weighted by Crippen LogP contribution is 2.24. The van der Waals surface area contributed by atoms with Gasteiger partial charge in [-0.15, -0.1) is 0 Å². The zero-order valence-corrected chi connectivity index (χ0v) is 16.0. The summed E-state index contributed by atoms with van der Waals surface area (Å²) in [6.07, 6.45) is 2.54. The highest BCUT2D eigenvalue weighted by Gasteiger charge is 2.29. The Morgan fingerprint density at radius 1 is 1.20 bits per heavy atom. The summed E-state index contributed by atoms with van der Waals surface area (Å²) in [6, 6.07) is 6.04. The van der Waals surface area contributed by atoms with E-state index in [1.165, 1.54) is 10.6 Å². The molecule has 1 aliphatic heterocycles. The molecule has 1 amide bonds. The van der Waals surface area contributed by atoms with E-state index in [1.54, 1.807) is 11.9 Å². The predicted octanol–water partition coefficient (Wildman–Crippen LogP) is 2.28. The first kappa shape index (κ1) is 17.9. The van der Waals surface area contributed by atoms with Crippen LogP contribution in [0.5, 0.6) is 0 Å². The summed E-state index contributed by atoms with van der Waals surface area (Å²) in [4.78, 5) is 17.8. The van der Waals surface area contributed by atoms with Gasteiger partial charge in [0.25, 0.3) is 5.91 Å². The standard InChI is InChI=1S/C18H25N3O3S/c1-12-9-13(2)15-11-17(19-16(15)10-12)18(22)21-7-5-14(6-8-21)20(3)25(4,23)24/h9-11,14,19H,5-8H2,1-4H3. The molecule has 1 N–H and O–H groups in total. The average molecular weight is 363 g/mol. The SMILES string of the molecule is Cc1cc(C)c2cc(C(=O)N3CCC(N(C)S(C)(=O)=O)CC3)[nH]c2c1. The number of rotatable bonds is 3. The third-order valence-corrected chi connectivity index (χ3v) is 6.45. The number of piperidine rings is 1. The summed E-state index contributed by atoms with van der Waals surface area (Å²) >= 11 is 0. The van der Waals surface area contributed by atoms with Crippen molar-refractivity contribution in [2.45, 2.75) is 32.7 Å². The van der Waals surface area contributed by atoms with E-state index in [4.69, 9.17) is 0 Å². The van der Waals surface area contributed by atoms with Crippen molar-refractivity contribution in [1.82, 2.24) is 14.2 Å². The van der Waals surface area contributed by atoms with Crippen molar-refractivity contribution in [2.75, 3.05) is 26.4 Å². The summed E-state index contributed by atoms with van der Waals surface area (Å²) < 4.78 is 24.8. The maximum absolute atomic E-state index is 12.8. The normalized spacial score (nSPS) is 16.8. The van der Waals surface area contributed by atoms with E-state index >= 15 is 0 Å². The maximum atomic E-state index is 12.8. The fourth-order valence-electron chi connectivity index (χ4n) is 3.59. The number of hydrogen-bond donors (Lipinski definition) is 1. The molecule has 2 aromatic rings. The Morgan fingerprint density at radius 2 is 1.84 bits per heavy atom. The molecule has 3 rings (SSSR count). The van der Waals surface area contributed by atoms with Crippen LogP contribution in [0.2, 0.25) is 0 Å². The summed E-state index contributed by atoms with van der Waals surface area (Å²) in [7, 11) is -1.58. The molecule has 0 aliphatic carbocycles. The molecule has 1 saturated heterocycles. The average Bonchev–Trinajstić information content (AvgIpc) is 2.97. The fourth-order valence-corrected chi connectivity index (χ4v) is 4.34. The quantitative estimate of drug-likeness (QED) is 0.909. The topological polar surface area (TPSA) is 73.5 Å². The Kier molecular flexibility index (Phi) is 4.64. The van der Waals surface area contributed by atoms with E-state index in [0.717, 1.165) is 22.0 Å². The number of carbonyl (C=O) groups is 1. The van der Waals surface area contributed by atoms with Crippen LogP contribution in [0.1, 0.15) is 34.5 Å². The van der Waals surface area contributed by atoms with Gasteiger partial charge >= 0.3 is 0 Å². The summed E-state index contributed by atoms with van der Waals surface area (Å²) in [5.74, 6) is -0.0197. The van der Waals surface area contributed by atoms with Gasteiger partial charge in [0, 0.05) is 37.1 Å². The molecule has 25 heavy (non-hydrogen) atoms. The molecule has 0 radical (unpaired) electrons. The lowest BCUT2D eigenvalue weighted by Crippen LogP contribution is -2.47. The second-order valence-corrected chi connectivity index (χ2v) is 9.07. The van der Waals surface area contributed by atoms with Gasteiger partial charge < -0.3 is 9.88 Å². The number of likely N-dealkylation sites (tertiary alicyclic amines) is 1. The van der Waals surface area contributed by atoms with Crippen molar-refractivity contribution in [3.05, 3.63) is 35.0 Å². The summed E-state index contributed by atoms with van der Waals surface area (Å²) in [5.41, 5.74) is 3.89. The number of H-pyrrole nitrogens is 1. The molecule has 0 atom stereocenters. The van der Waals surface area contributed by atoms with E-state index in [-0.39, 0.29) is 11.9 Å². The molecule has 6 nitrogen and oxygen atoms in total. The van der Waals surface area contributed by atoms with Gasteiger partial charge in [-0.2, -0.15) is 0 Å². The lowest BCUT2D eigenvalue weighted by molar-refractivity contribution is 0.0681. The molecule has 136 valence electrons. The third-order valence-electron chi connectivity index (χ3n) is 5.11. The van der Waals surface area contributed by atoms with Crippen LogP contribution in [0.25, 0.3) is 10.9 Å². The number of aromatic amines is 1. The minimum Gasteiger partial charge on any atom is -0.351 e. The van der Waals surface area contributed by atoms with E-state index in [1.807, 2.05) is 26.0 Å². The molecule has 2 heterocycles. The van der Waals surface area contributed by atoms with Gasteiger partial charge in [-0.25, -0.2) is 12.7 Å². The molecule has 0 unspecified atom stereocenters. The smallest absolute Gasteiger partial charge is 0.270 e. The van der Waals surface area contributed by atoms with Gasteiger partial charge in [0.05, 0.1) is 6.26 Å². The van der Waals surface area contributed by atoms with Crippen LogP contribution in [0.3, 0.4) is 0 Å². The van der Waals surface area contributed by atoms with Crippen LogP contribution in [-0.2, 0) is 10.0 Å². The van der Waals surface area contributed by atoms with Crippen LogP contribution in [-0.4, -0.2) is 60.9 Å². The number of amides is 1. The maximum Gasteiger partial charge on any atom is 0.270 e. The van der Waals surface area contributed by atoms with Gasteiger partial charge in [0.2, 0.25) is 10.0 Å². The van der Waals surface area contributed by atoms with Crippen molar-refractivity contribution in [3.63, 3.8) is 0 Å². The number of nitrogens with one attached hydrogen (secondary N) is 1. The lowest BCUT2D eigenvalue weighted by atomic mass is 10.0. The molecule has 1 aromatic heterocycles. The molecule has 0 bridgehead atoms. The molecular weight excluding hydrogens is 338 g/mol. The van der Waals surface area contributed by atoms with Crippen LogP contribution < -0.4 is 0 Å². The molecule has 1 fully saturated rings. The summed E-state index contributed by atoms with van der Waals surface area (Å²) in [5, 5.41) is 1.07. The molecule has 1 aliphatic rings. The highest BCUT2D eigenvalue weighted by atomic mass is 32.2. The van der Waals surface area contributed by atoms with Gasteiger partial charge in [0.15, 0.2) is 0 Å². The Morgan fingerprint density at radius 3 is 2.44 bits per heavy atom. The Hall–Kier alpha value is -1.86. The monoisotopic (exact) mass is 363 g/mol. The number of aromatic nitrogens is 1. The molecule has 7 heteroatoms. The van der Waals surface area contributed by atoms with Crippen LogP contribution in [0.4, 0.5) is 0 Å². The highest BCUT2D eigenvalue weighted by molar-refractivity contribution is 7.88. The van der Waals surface area contributed by atoms with Crippen LogP contribution in [0, 0.1) is 13.8 Å². The molecular formula is C18H25N3O3S. The minimum absolute atomic E-state index is 0.0197. The number of carbonyl (C=O) groups excluding carboxylic acids is 1. The predicted molar refractivity (Wildman–Crippen MR) is 99.3 cm³/mol. The van der Waals surface area contributed by atoms with E-state index in [2.05, 4.69) is 11.1 Å². The number of hydrogen-bond acceptors (Lipinski definition) is 3. The van der Waals surface area contributed by atoms with Crippen LogP contribution >= 0.6 is 0 Å². The van der Waals surface area contributed by atoms with Crippen molar-refractivity contribution >= 4 is 26.8 Å². The summed E-state index contributed by atoms with van der Waals surface area (Å²) in [6.45, 7) is 5.22. The van der Waals surface area contributed by atoms with E-state index in [0.29, 0.717) is 31.6 Å². The first-order valence-electron chi connectivity index (χ1n) is 8.49. The third kappa shape index (κ3) is 3.57. The number of benzene rings is 1. The van der Waals surface area contributed by atoms with Gasteiger partial charge in [-0.1, -0.05) is 6.07 Å². The second-order valence-electron chi connectivity index (χ2n) is 7.03. The molecule has 0 spiro atoms. The number of nitrogens with zero attached hydrogens (tertiary/aromatic N) is 2. The zero-order chi connectivity index (χ0) is 18.4. The Balaban J connectivity index is 1.74. The largest absolute Gasteiger partial charge is 0.351 e. The van der Waals surface area contributed by atoms with Crippen molar-refractivity contribution in [3.8, 4) is 0 Å². The lowest BCUT2D eigenvalue weighted by Gasteiger charge is -2.35. The fraction of sp³-hybridized carbons (Fsp3) is 0.500. The molecule has 1 aromatic carbocycles. The van der Waals surface area contributed by atoms with Crippen molar-refractivity contribution in [2.24, 2.45) is 0 Å². The van der Waals surface area contributed by atoms with Gasteiger partial charge in [-0.05, 0) is 49.9 Å². The number of aryl methyl sites for hydroxylation is 2. The Bertz CT molecular complexity index is 909. The molecule has 0 saturated carbocycles. The second kappa shape index (κ2) is 6.46. The van der Waals surface area contributed by atoms with E-state index < -0.39 is 10.0 Å². The number of sulfonamides is 1. The van der Waals surface area contributed by atoms with Gasteiger partial charge in [-0.3, -0.25) is 4.79 Å². The van der Waals surface area contributed by atoms with Crippen molar-refractivity contribution in [1.29, 1.82) is 0 Å². The van der Waals surface area contributed by atoms with Crippen molar-refractivity contribution < 1.29 is 13.2 Å². The number of fused-ring (bicyclic) bond motifs is 1. The first-order valence-corrected chi connectivity index (χ1v) is 10.3. The van der Waals surface area contributed by atoms with Gasteiger partial charge in [0.1, 0.15) is 5.69 Å². The zero-order valence-electron chi connectivity index (χ0n) is 15.2.